The molecule has 1 heterocycles. The van der Waals surface area contributed by atoms with Gasteiger partial charge in [0.05, 0.1) is 4.92 Å². The van der Waals surface area contributed by atoms with Gasteiger partial charge in [0, 0.05) is 24.7 Å². The normalized spacial score (nSPS) is 19.1. The van der Waals surface area contributed by atoms with Gasteiger partial charge >= 0.3 is 5.69 Å². The third kappa shape index (κ3) is 2.87. The highest BCUT2D eigenvalue weighted by atomic mass is 19.1. The lowest BCUT2D eigenvalue weighted by molar-refractivity contribution is -0.386. The van der Waals surface area contributed by atoms with Crippen molar-refractivity contribution >= 4 is 11.4 Å². The molecule has 20 heavy (non-hydrogen) atoms. The van der Waals surface area contributed by atoms with Crippen LogP contribution >= 0.6 is 0 Å². The van der Waals surface area contributed by atoms with Crippen LogP contribution in [-0.2, 0) is 0 Å². The molecule has 2 rings (SSSR count). The van der Waals surface area contributed by atoms with E-state index in [1.807, 2.05) is 0 Å². The fourth-order valence-electron chi connectivity index (χ4n) is 2.76. The molecule has 0 bridgehead atoms. The van der Waals surface area contributed by atoms with Gasteiger partial charge in [0.15, 0.2) is 0 Å². The van der Waals surface area contributed by atoms with Gasteiger partial charge in [-0.15, -0.1) is 0 Å². The predicted molar refractivity (Wildman–Crippen MR) is 71.7 cm³/mol. The number of nitro benzene ring substituents is 1. The molecular formula is C13H17F2N3O2. The van der Waals surface area contributed by atoms with Crippen molar-refractivity contribution in [2.24, 2.45) is 5.73 Å². The van der Waals surface area contributed by atoms with E-state index >= 15 is 0 Å². The number of hydrogen-bond acceptors (Lipinski definition) is 4. The highest BCUT2D eigenvalue weighted by Gasteiger charge is 2.31. The van der Waals surface area contributed by atoms with Gasteiger partial charge in [0.2, 0.25) is 5.82 Å². The summed E-state index contributed by atoms with van der Waals surface area (Å²) in [5.41, 5.74) is 4.91. The first-order valence-corrected chi connectivity index (χ1v) is 6.64. The van der Waals surface area contributed by atoms with E-state index in [0.29, 0.717) is 25.6 Å². The van der Waals surface area contributed by atoms with Crippen LogP contribution in [0.1, 0.15) is 25.7 Å². The van der Waals surface area contributed by atoms with Crippen molar-refractivity contribution in [3.05, 3.63) is 33.9 Å². The summed E-state index contributed by atoms with van der Waals surface area (Å²) in [5, 5.41) is 11.1. The summed E-state index contributed by atoms with van der Waals surface area (Å²) in [6.07, 6.45) is 3.31. The van der Waals surface area contributed by atoms with Crippen molar-refractivity contribution < 1.29 is 13.7 Å². The van der Waals surface area contributed by atoms with Gasteiger partial charge in [-0.2, -0.15) is 4.39 Å². The Kier molecular flexibility index (Phi) is 4.49. The summed E-state index contributed by atoms with van der Waals surface area (Å²) in [6.45, 7) is 0.987. The Morgan fingerprint density at radius 1 is 1.40 bits per heavy atom. The van der Waals surface area contributed by atoms with Crippen LogP contribution in [0, 0.1) is 21.7 Å². The summed E-state index contributed by atoms with van der Waals surface area (Å²) in [6, 6.07) is 1.58. The molecule has 1 saturated heterocycles. The molecule has 2 N–H and O–H groups in total. The Morgan fingerprint density at radius 3 is 2.80 bits per heavy atom. The quantitative estimate of drug-likeness (QED) is 0.681. The van der Waals surface area contributed by atoms with E-state index in [9.17, 15) is 18.9 Å². The molecule has 5 nitrogen and oxygen atoms in total. The van der Waals surface area contributed by atoms with Gasteiger partial charge in [-0.25, -0.2) is 4.39 Å². The minimum absolute atomic E-state index is 0.00588. The average Bonchev–Trinajstić information content (AvgIpc) is 2.38. The third-order valence-corrected chi connectivity index (χ3v) is 3.63. The van der Waals surface area contributed by atoms with Gasteiger partial charge in [-0.1, -0.05) is 0 Å². The molecule has 110 valence electrons. The van der Waals surface area contributed by atoms with Crippen molar-refractivity contribution in [3.8, 4) is 0 Å². The molecule has 0 spiro atoms. The maximum Gasteiger partial charge on any atom is 0.328 e. The number of piperidine rings is 1. The zero-order valence-corrected chi connectivity index (χ0v) is 11.0. The first-order valence-electron chi connectivity index (χ1n) is 6.64. The Bertz CT molecular complexity index is 509. The van der Waals surface area contributed by atoms with E-state index in [0.717, 1.165) is 25.3 Å². The molecule has 1 aromatic rings. The molecule has 1 aromatic carbocycles. The monoisotopic (exact) mass is 285 g/mol. The summed E-state index contributed by atoms with van der Waals surface area (Å²) in [4.78, 5) is 12.0. The van der Waals surface area contributed by atoms with Crippen LogP contribution in [0.3, 0.4) is 0 Å². The van der Waals surface area contributed by atoms with Crippen molar-refractivity contribution in [2.75, 3.05) is 18.0 Å². The van der Waals surface area contributed by atoms with Crippen molar-refractivity contribution in [3.63, 3.8) is 0 Å². The standard InChI is InChI=1S/C13H17F2N3O2/c14-9-7-11(15)13(18(19)20)12(8-9)17-6-2-1-3-10(17)4-5-16/h7-8,10H,1-6,16H2. The SMILES string of the molecule is NCCC1CCCCN1c1cc(F)cc(F)c1[N+](=O)[O-]. The second-order valence-corrected chi connectivity index (χ2v) is 4.93. The van der Waals surface area contributed by atoms with Gasteiger partial charge in [0.1, 0.15) is 11.5 Å². The summed E-state index contributed by atoms with van der Waals surface area (Å²) in [7, 11) is 0. The summed E-state index contributed by atoms with van der Waals surface area (Å²) >= 11 is 0. The maximum absolute atomic E-state index is 13.7. The van der Waals surface area contributed by atoms with E-state index in [4.69, 9.17) is 5.73 Å². The third-order valence-electron chi connectivity index (χ3n) is 3.63. The Balaban J connectivity index is 2.46. The average molecular weight is 285 g/mol. The Morgan fingerprint density at radius 2 is 2.15 bits per heavy atom. The number of benzene rings is 1. The second kappa shape index (κ2) is 6.13. The highest BCUT2D eigenvalue weighted by molar-refractivity contribution is 5.64. The van der Waals surface area contributed by atoms with E-state index in [1.165, 1.54) is 0 Å². The summed E-state index contributed by atoms with van der Waals surface area (Å²) in [5.74, 6) is -1.94. The van der Waals surface area contributed by atoms with Crippen LogP contribution in [0.2, 0.25) is 0 Å². The van der Waals surface area contributed by atoms with Crippen LogP contribution in [0.4, 0.5) is 20.2 Å². The number of nitro groups is 1. The highest BCUT2D eigenvalue weighted by Crippen LogP contribution is 2.36. The van der Waals surface area contributed by atoms with Crippen molar-refractivity contribution in [2.45, 2.75) is 31.7 Å². The Labute approximate surface area is 115 Å². The second-order valence-electron chi connectivity index (χ2n) is 4.93. The van der Waals surface area contributed by atoms with Crippen molar-refractivity contribution in [1.82, 2.24) is 0 Å². The van der Waals surface area contributed by atoms with Gasteiger partial charge in [0.25, 0.3) is 0 Å². The molecule has 7 heteroatoms. The van der Waals surface area contributed by atoms with Gasteiger partial charge < -0.3 is 10.6 Å². The predicted octanol–water partition coefficient (Wildman–Crippen LogP) is 2.58. The van der Waals surface area contributed by atoms with Gasteiger partial charge in [-0.3, -0.25) is 10.1 Å². The zero-order chi connectivity index (χ0) is 14.7. The molecule has 0 amide bonds. The topological polar surface area (TPSA) is 72.4 Å². The number of rotatable bonds is 4. The van der Waals surface area contributed by atoms with E-state index < -0.39 is 22.2 Å². The van der Waals surface area contributed by atoms with E-state index in [1.54, 1.807) is 4.90 Å². The number of anilines is 1. The fourth-order valence-corrected chi connectivity index (χ4v) is 2.76. The van der Waals surface area contributed by atoms with Gasteiger partial charge in [-0.05, 0) is 32.2 Å². The van der Waals surface area contributed by atoms with Crippen molar-refractivity contribution in [1.29, 1.82) is 0 Å². The lowest BCUT2D eigenvalue weighted by Crippen LogP contribution is -2.41. The van der Waals surface area contributed by atoms with Crippen LogP contribution in [0.5, 0.6) is 0 Å². The first-order chi connectivity index (χ1) is 9.54. The molecule has 1 aliphatic rings. The molecule has 1 atom stereocenters. The number of nitrogens with zero attached hydrogens (tertiary/aromatic N) is 2. The maximum atomic E-state index is 13.7. The number of hydrogen-bond donors (Lipinski definition) is 1. The molecular weight excluding hydrogens is 268 g/mol. The van der Waals surface area contributed by atoms with Crippen LogP contribution in [0.25, 0.3) is 0 Å². The molecule has 0 aromatic heterocycles. The molecule has 0 radical (unpaired) electrons. The lowest BCUT2D eigenvalue weighted by Gasteiger charge is -2.37. The number of nitrogens with two attached hydrogens (primary N) is 1. The van der Waals surface area contributed by atoms with Crippen LogP contribution < -0.4 is 10.6 Å². The lowest BCUT2D eigenvalue weighted by atomic mass is 9.98. The minimum Gasteiger partial charge on any atom is -0.363 e. The summed E-state index contributed by atoms with van der Waals surface area (Å²) < 4.78 is 27.1. The first kappa shape index (κ1) is 14.6. The Hall–Kier alpha value is -1.76. The zero-order valence-electron chi connectivity index (χ0n) is 11.0. The van der Waals surface area contributed by atoms with E-state index in [-0.39, 0.29) is 11.7 Å². The molecule has 1 fully saturated rings. The minimum atomic E-state index is -1.14. The van der Waals surface area contributed by atoms with Crippen LogP contribution in [-0.4, -0.2) is 24.1 Å². The molecule has 1 aliphatic heterocycles. The molecule has 1 unspecified atom stereocenters. The fraction of sp³-hybridized carbons (Fsp3) is 0.538. The number of halogens is 2. The molecule has 0 aliphatic carbocycles. The molecule has 0 saturated carbocycles. The smallest absolute Gasteiger partial charge is 0.328 e. The van der Waals surface area contributed by atoms with E-state index in [2.05, 4.69) is 0 Å². The van der Waals surface area contributed by atoms with Crippen LogP contribution in [0.15, 0.2) is 12.1 Å². The largest absolute Gasteiger partial charge is 0.363 e.